The first-order chi connectivity index (χ1) is 14.0. The standard InChI is InChI=1S/C20H22N2O5S3/c1-13-9-10-16(21-30(25,26)20-11-14(2)28-15(20)3)12-19(13)29(23,24)22-17-7-5-6-8-18(17)27-4/h5-12,21-22H,1-4H3. The lowest BCUT2D eigenvalue weighted by Crippen LogP contribution is -2.17. The zero-order chi connectivity index (χ0) is 22.1. The van der Waals surface area contributed by atoms with Gasteiger partial charge in [0.1, 0.15) is 10.6 Å². The van der Waals surface area contributed by atoms with Crippen LogP contribution in [0.15, 0.2) is 58.3 Å². The monoisotopic (exact) mass is 466 g/mol. The van der Waals surface area contributed by atoms with Crippen molar-refractivity contribution in [2.24, 2.45) is 0 Å². The smallest absolute Gasteiger partial charge is 0.262 e. The van der Waals surface area contributed by atoms with E-state index >= 15 is 0 Å². The second-order valence-electron chi connectivity index (χ2n) is 6.67. The maximum absolute atomic E-state index is 13.0. The first-order valence-electron chi connectivity index (χ1n) is 8.90. The summed E-state index contributed by atoms with van der Waals surface area (Å²) in [5.41, 5.74) is 0.918. The van der Waals surface area contributed by atoms with E-state index in [0.29, 0.717) is 16.2 Å². The molecule has 0 fully saturated rings. The maximum atomic E-state index is 13.0. The number of benzene rings is 2. The number of hydrogen-bond donors (Lipinski definition) is 2. The molecule has 30 heavy (non-hydrogen) atoms. The molecule has 0 saturated heterocycles. The molecule has 0 aliphatic heterocycles. The van der Waals surface area contributed by atoms with E-state index in [9.17, 15) is 16.8 Å². The zero-order valence-corrected chi connectivity index (χ0v) is 19.3. The molecule has 0 aliphatic carbocycles. The third kappa shape index (κ3) is 4.61. The second kappa shape index (κ2) is 8.29. The van der Waals surface area contributed by atoms with Crippen molar-refractivity contribution in [2.75, 3.05) is 16.6 Å². The molecule has 3 aromatic rings. The van der Waals surface area contributed by atoms with Gasteiger partial charge in [-0.15, -0.1) is 11.3 Å². The summed E-state index contributed by atoms with van der Waals surface area (Å²) in [6, 6.07) is 12.6. The largest absolute Gasteiger partial charge is 0.495 e. The highest BCUT2D eigenvalue weighted by Gasteiger charge is 2.23. The van der Waals surface area contributed by atoms with E-state index in [1.54, 1.807) is 50.2 Å². The van der Waals surface area contributed by atoms with Crippen LogP contribution in [0.3, 0.4) is 0 Å². The first kappa shape index (κ1) is 22.1. The number of methoxy groups -OCH3 is 1. The fourth-order valence-corrected chi connectivity index (χ4v) is 6.91. The number of para-hydroxylation sites is 2. The minimum absolute atomic E-state index is 0.0353. The van der Waals surface area contributed by atoms with Crippen LogP contribution in [0.5, 0.6) is 5.75 Å². The Balaban J connectivity index is 1.96. The molecule has 0 bridgehead atoms. The molecule has 1 heterocycles. The molecule has 2 N–H and O–H groups in total. The van der Waals surface area contributed by atoms with Crippen LogP contribution in [-0.2, 0) is 20.0 Å². The van der Waals surface area contributed by atoms with Gasteiger partial charge < -0.3 is 4.74 Å². The molecule has 7 nitrogen and oxygen atoms in total. The van der Waals surface area contributed by atoms with E-state index < -0.39 is 20.0 Å². The predicted molar refractivity (Wildman–Crippen MR) is 120 cm³/mol. The Kier molecular flexibility index (Phi) is 6.11. The average molecular weight is 467 g/mol. The van der Waals surface area contributed by atoms with Crippen molar-refractivity contribution in [3.05, 3.63) is 63.8 Å². The van der Waals surface area contributed by atoms with Gasteiger partial charge in [-0.3, -0.25) is 9.44 Å². The van der Waals surface area contributed by atoms with E-state index in [1.807, 2.05) is 6.92 Å². The van der Waals surface area contributed by atoms with Crippen LogP contribution in [0.1, 0.15) is 15.3 Å². The molecule has 160 valence electrons. The number of sulfonamides is 2. The molecule has 0 spiro atoms. The number of rotatable bonds is 7. The average Bonchev–Trinajstić information content (AvgIpc) is 3.02. The molecule has 10 heteroatoms. The van der Waals surface area contributed by atoms with E-state index in [1.165, 1.54) is 30.6 Å². The highest BCUT2D eigenvalue weighted by atomic mass is 32.2. The Morgan fingerprint density at radius 2 is 1.50 bits per heavy atom. The summed E-state index contributed by atoms with van der Waals surface area (Å²) in [5, 5.41) is 0. The van der Waals surface area contributed by atoms with Gasteiger partial charge >= 0.3 is 0 Å². The van der Waals surface area contributed by atoms with Crippen molar-refractivity contribution < 1.29 is 21.6 Å². The molecule has 1 aromatic heterocycles. The Bertz CT molecular complexity index is 1300. The first-order valence-corrected chi connectivity index (χ1v) is 12.7. The molecule has 0 aliphatic rings. The summed E-state index contributed by atoms with van der Waals surface area (Å²) in [7, 11) is -6.38. The highest BCUT2D eigenvalue weighted by Crippen LogP contribution is 2.30. The normalized spacial score (nSPS) is 11.9. The van der Waals surface area contributed by atoms with Gasteiger partial charge in [-0.2, -0.15) is 0 Å². The van der Waals surface area contributed by atoms with Crippen LogP contribution in [0.4, 0.5) is 11.4 Å². The summed E-state index contributed by atoms with van der Waals surface area (Å²) < 4.78 is 61.7. The summed E-state index contributed by atoms with van der Waals surface area (Å²) in [5.74, 6) is 0.374. The molecular weight excluding hydrogens is 444 g/mol. The Hall–Kier alpha value is -2.56. The molecular formula is C20H22N2O5S3. The van der Waals surface area contributed by atoms with Crippen molar-refractivity contribution >= 4 is 42.8 Å². The number of nitrogens with one attached hydrogen (secondary N) is 2. The van der Waals surface area contributed by atoms with Gasteiger partial charge in [-0.25, -0.2) is 16.8 Å². The van der Waals surface area contributed by atoms with Crippen LogP contribution in [-0.4, -0.2) is 23.9 Å². The van der Waals surface area contributed by atoms with E-state index in [0.717, 1.165) is 4.88 Å². The van der Waals surface area contributed by atoms with Gasteiger partial charge in [0, 0.05) is 9.75 Å². The third-order valence-electron chi connectivity index (χ3n) is 4.37. The Morgan fingerprint density at radius 1 is 0.833 bits per heavy atom. The van der Waals surface area contributed by atoms with Crippen molar-refractivity contribution in [3.63, 3.8) is 0 Å². The van der Waals surface area contributed by atoms with Crippen LogP contribution in [0.2, 0.25) is 0 Å². The van der Waals surface area contributed by atoms with Crippen molar-refractivity contribution in [2.45, 2.75) is 30.6 Å². The van der Waals surface area contributed by atoms with E-state index in [2.05, 4.69) is 9.44 Å². The zero-order valence-electron chi connectivity index (χ0n) is 16.9. The van der Waals surface area contributed by atoms with Gasteiger partial charge in [0.05, 0.1) is 23.4 Å². The molecule has 0 unspecified atom stereocenters. The van der Waals surface area contributed by atoms with Crippen molar-refractivity contribution in [1.82, 2.24) is 0 Å². The highest BCUT2D eigenvalue weighted by molar-refractivity contribution is 7.93. The molecule has 0 radical (unpaired) electrons. The van der Waals surface area contributed by atoms with Crippen LogP contribution in [0, 0.1) is 20.8 Å². The van der Waals surface area contributed by atoms with Crippen molar-refractivity contribution in [1.29, 1.82) is 0 Å². The lowest BCUT2D eigenvalue weighted by atomic mass is 10.2. The molecule has 2 aromatic carbocycles. The van der Waals surface area contributed by atoms with Gasteiger partial charge in [0.25, 0.3) is 20.0 Å². The molecule has 3 rings (SSSR count). The van der Waals surface area contributed by atoms with Crippen LogP contribution < -0.4 is 14.2 Å². The van der Waals surface area contributed by atoms with Gasteiger partial charge in [-0.05, 0) is 56.7 Å². The Labute approximate surface area is 180 Å². The van der Waals surface area contributed by atoms with Gasteiger partial charge in [-0.1, -0.05) is 18.2 Å². The Morgan fingerprint density at radius 3 is 2.13 bits per heavy atom. The molecule has 0 saturated carbocycles. The minimum atomic E-state index is -3.99. The predicted octanol–water partition coefficient (Wildman–Crippen LogP) is 4.28. The number of thiophene rings is 1. The number of ether oxygens (including phenoxy) is 1. The topological polar surface area (TPSA) is 102 Å². The van der Waals surface area contributed by atoms with Gasteiger partial charge in [0.2, 0.25) is 0 Å². The lowest BCUT2D eigenvalue weighted by molar-refractivity contribution is 0.417. The summed E-state index contributed by atoms with van der Waals surface area (Å²) in [4.78, 5) is 1.69. The van der Waals surface area contributed by atoms with Crippen LogP contribution >= 0.6 is 11.3 Å². The van der Waals surface area contributed by atoms with E-state index in [-0.39, 0.29) is 21.2 Å². The molecule has 0 amide bonds. The number of hydrogen-bond acceptors (Lipinski definition) is 6. The summed E-state index contributed by atoms with van der Waals surface area (Å²) in [6.45, 7) is 5.20. The molecule has 0 atom stereocenters. The van der Waals surface area contributed by atoms with Gasteiger partial charge in [0.15, 0.2) is 0 Å². The number of anilines is 2. The number of aryl methyl sites for hydroxylation is 3. The SMILES string of the molecule is COc1ccccc1NS(=O)(=O)c1cc(NS(=O)(=O)c2cc(C)sc2C)ccc1C. The minimum Gasteiger partial charge on any atom is -0.495 e. The summed E-state index contributed by atoms with van der Waals surface area (Å²) in [6.07, 6.45) is 0. The van der Waals surface area contributed by atoms with Crippen molar-refractivity contribution in [3.8, 4) is 5.75 Å². The second-order valence-corrected chi connectivity index (χ2v) is 11.4. The maximum Gasteiger partial charge on any atom is 0.262 e. The van der Waals surface area contributed by atoms with E-state index in [4.69, 9.17) is 4.74 Å². The fraction of sp³-hybridized carbons (Fsp3) is 0.200. The quantitative estimate of drug-likeness (QED) is 0.541. The summed E-state index contributed by atoms with van der Waals surface area (Å²) >= 11 is 1.38. The lowest BCUT2D eigenvalue weighted by Gasteiger charge is -2.15. The fourth-order valence-electron chi connectivity index (χ4n) is 2.97. The van der Waals surface area contributed by atoms with Crippen LogP contribution in [0.25, 0.3) is 0 Å². The third-order valence-corrected chi connectivity index (χ3v) is 8.48.